The van der Waals surface area contributed by atoms with E-state index >= 15 is 0 Å². The lowest BCUT2D eigenvalue weighted by molar-refractivity contribution is 0.0964. The largest absolute Gasteiger partial charge is 0.454 e. The maximum atomic E-state index is 13.0. The summed E-state index contributed by atoms with van der Waals surface area (Å²) in [5.41, 5.74) is 1.59. The summed E-state index contributed by atoms with van der Waals surface area (Å²) in [6, 6.07) is 7.53. The van der Waals surface area contributed by atoms with Gasteiger partial charge in [-0.1, -0.05) is 0 Å². The molecule has 0 aliphatic rings. The minimum Gasteiger partial charge on any atom is -0.454 e. The highest BCUT2D eigenvalue weighted by atomic mass is 19.1. The lowest BCUT2D eigenvalue weighted by atomic mass is 10.1. The molecule has 0 spiro atoms. The van der Waals surface area contributed by atoms with Crippen molar-refractivity contribution in [2.24, 2.45) is 0 Å². The zero-order valence-corrected chi connectivity index (χ0v) is 10.7. The van der Waals surface area contributed by atoms with Crippen molar-refractivity contribution >= 4 is 16.9 Å². The fraction of sp³-hybridized carbons (Fsp3) is 0.0667. The van der Waals surface area contributed by atoms with E-state index in [4.69, 9.17) is 4.42 Å². The topological polar surface area (TPSA) is 55.1 Å². The fourth-order valence-electron chi connectivity index (χ4n) is 2.11. The summed E-state index contributed by atoms with van der Waals surface area (Å²) in [5.74, 6) is -0.186. The van der Waals surface area contributed by atoms with Crippen molar-refractivity contribution in [2.75, 3.05) is 7.05 Å². The van der Waals surface area contributed by atoms with Crippen LogP contribution in [0.5, 0.6) is 0 Å². The van der Waals surface area contributed by atoms with Gasteiger partial charge in [-0.3, -0.25) is 9.78 Å². The van der Waals surface area contributed by atoms with Crippen molar-refractivity contribution < 1.29 is 13.6 Å². The first-order chi connectivity index (χ1) is 9.70. The number of hydrogen-bond acceptors (Lipinski definition) is 3. The molecule has 0 radical (unpaired) electrons. The summed E-state index contributed by atoms with van der Waals surface area (Å²) < 4.78 is 18.7. The molecule has 100 valence electrons. The molecule has 2 heterocycles. The van der Waals surface area contributed by atoms with Gasteiger partial charge in [0, 0.05) is 24.2 Å². The van der Waals surface area contributed by atoms with Gasteiger partial charge in [0.25, 0.3) is 5.91 Å². The number of carbonyl (C=O) groups excluding carboxylic acids is 1. The van der Waals surface area contributed by atoms with E-state index in [0.717, 1.165) is 0 Å². The summed E-state index contributed by atoms with van der Waals surface area (Å²) in [7, 11) is 1.55. The van der Waals surface area contributed by atoms with E-state index in [9.17, 15) is 9.18 Å². The van der Waals surface area contributed by atoms with Gasteiger partial charge in [-0.15, -0.1) is 0 Å². The monoisotopic (exact) mass is 270 g/mol. The Morgan fingerprint density at radius 2 is 2.00 bits per heavy atom. The molecule has 0 bridgehead atoms. The van der Waals surface area contributed by atoms with E-state index in [1.165, 1.54) is 12.1 Å². The van der Waals surface area contributed by atoms with Crippen LogP contribution in [0.3, 0.4) is 0 Å². The zero-order chi connectivity index (χ0) is 14.1. The fourth-order valence-corrected chi connectivity index (χ4v) is 2.11. The summed E-state index contributed by atoms with van der Waals surface area (Å²) >= 11 is 0. The highest BCUT2D eigenvalue weighted by molar-refractivity contribution is 6.10. The van der Waals surface area contributed by atoms with Crippen LogP contribution in [0, 0.1) is 5.82 Å². The number of benzene rings is 1. The third-order valence-corrected chi connectivity index (χ3v) is 3.05. The Labute approximate surface area is 114 Å². The Hall–Kier alpha value is -2.69. The number of furan rings is 1. The Morgan fingerprint density at radius 3 is 2.70 bits per heavy atom. The van der Waals surface area contributed by atoms with Crippen molar-refractivity contribution in [1.29, 1.82) is 0 Å². The Morgan fingerprint density at radius 1 is 1.25 bits per heavy atom. The molecule has 0 aliphatic heterocycles. The predicted molar refractivity (Wildman–Crippen MR) is 72.8 cm³/mol. The van der Waals surface area contributed by atoms with E-state index in [-0.39, 0.29) is 11.7 Å². The van der Waals surface area contributed by atoms with Crippen LogP contribution < -0.4 is 5.32 Å². The van der Waals surface area contributed by atoms with Gasteiger partial charge >= 0.3 is 0 Å². The van der Waals surface area contributed by atoms with Gasteiger partial charge in [0.2, 0.25) is 0 Å². The van der Waals surface area contributed by atoms with Crippen molar-refractivity contribution in [2.45, 2.75) is 0 Å². The van der Waals surface area contributed by atoms with E-state index in [2.05, 4.69) is 10.3 Å². The molecule has 4 nitrogen and oxygen atoms in total. The minimum atomic E-state index is -0.340. The molecule has 0 unspecified atom stereocenters. The van der Waals surface area contributed by atoms with Crippen LogP contribution >= 0.6 is 0 Å². The van der Waals surface area contributed by atoms with Gasteiger partial charge in [0.05, 0.1) is 11.8 Å². The number of hydrogen-bond donors (Lipinski definition) is 1. The summed E-state index contributed by atoms with van der Waals surface area (Å²) in [5, 5.41) is 3.27. The van der Waals surface area contributed by atoms with Crippen LogP contribution in [0.2, 0.25) is 0 Å². The number of amides is 1. The summed E-state index contributed by atoms with van der Waals surface area (Å²) in [6.45, 7) is 0. The molecular formula is C15H11FN2O2. The van der Waals surface area contributed by atoms with E-state index in [0.29, 0.717) is 27.9 Å². The number of halogens is 1. The van der Waals surface area contributed by atoms with Gasteiger partial charge in [-0.2, -0.15) is 0 Å². The second kappa shape index (κ2) is 4.77. The van der Waals surface area contributed by atoms with Crippen LogP contribution in [-0.4, -0.2) is 17.9 Å². The summed E-state index contributed by atoms with van der Waals surface area (Å²) in [6.07, 6.45) is 3.15. The van der Waals surface area contributed by atoms with Crippen LogP contribution in [0.1, 0.15) is 10.4 Å². The molecule has 2 aromatic heterocycles. The van der Waals surface area contributed by atoms with Gasteiger partial charge in [-0.05, 0) is 30.3 Å². The molecule has 0 aliphatic carbocycles. The number of carbonyl (C=O) groups is 1. The van der Waals surface area contributed by atoms with Crippen molar-refractivity contribution in [3.05, 3.63) is 54.1 Å². The number of nitrogens with one attached hydrogen (secondary N) is 1. The van der Waals surface area contributed by atoms with Crippen molar-refractivity contribution in [3.63, 3.8) is 0 Å². The maximum Gasteiger partial charge on any atom is 0.255 e. The lowest BCUT2D eigenvalue weighted by Crippen LogP contribution is -2.18. The number of nitrogens with zero attached hydrogens (tertiary/aromatic N) is 1. The summed E-state index contributed by atoms with van der Waals surface area (Å²) in [4.78, 5) is 16.1. The standard InChI is InChI=1S/C15H11FN2O2/c1-17-15(19)13-11-6-7-18-8-12(11)20-14(13)9-2-4-10(16)5-3-9/h2-8H,1H3,(H,17,19). The number of rotatable bonds is 2. The average molecular weight is 270 g/mol. The van der Waals surface area contributed by atoms with Gasteiger partial charge < -0.3 is 9.73 Å². The lowest BCUT2D eigenvalue weighted by Gasteiger charge is -2.02. The first-order valence-electron chi connectivity index (χ1n) is 6.05. The first-order valence-corrected chi connectivity index (χ1v) is 6.05. The third-order valence-electron chi connectivity index (χ3n) is 3.05. The molecule has 20 heavy (non-hydrogen) atoms. The maximum absolute atomic E-state index is 13.0. The second-order valence-electron chi connectivity index (χ2n) is 4.26. The Bertz CT molecular complexity index is 778. The van der Waals surface area contributed by atoms with Gasteiger partial charge in [-0.25, -0.2) is 4.39 Å². The Balaban J connectivity index is 2.29. The molecule has 3 aromatic rings. The smallest absolute Gasteiger partial charge is 0.255 e. The first kappa shape index (κ1) is 12.3. The molecular weight excluding hydrogens is 259 g/mol. The van der Waals surface area contributed by atoms with Crippen LogP contribution in [0.4, 0.5) is 4.39 Å². The minimum absolute atomic E-state index is 0.255. The SMILES string of the molecule is CNC(=O)c1c(-c2ccc(F)cc2)oc2cnccc12. The Kier molecular flexibility index (Phi) is 2.95. The van der Waals surface area contributed by atoms with E-state index in [1.807, 2.05) is 0 Å². The molecule has 0 atom stereocenters. The highest BCUT2D eigenvalue weighted by Gasteiger charge is 2.21. The molecule has 0 saturated carbocycles. The quantitative estimate of drug-likeness (QED) is 0.778. The van der Waals surface area contributed by atoms with Crippen molar-refractivity contribution in [3.8, 4) is 11.3 Å². The normalized spacial score (nSPS) is 10.7. The van der Waals surface area contributed by atoms with Crippen LogP contribution in [-0.2, 0) is 0 Å². The molecule has 1 N–H and O–H groups in total. The molecule has 0 fully saturated rings. The average Bonchev–Trinajstić information content (AvgIpc) is 2.86. The van der Waals surface area contributed by atoms with E-state index in [1.54, 1.807) is 37.6 Å². The number of fused-ring (bicyclic) bond motifs is 1. The second-order valence-corrected chi connectivity index (χ2v) is 4.26. The molecule has 1 amide bonds. The zero-order valence-electron chi connectivity index (χ0n) is 10.7. The predicted octanol–water partition coefficient (Wildman–Crippen LogP) is 2.99. The molecule has 1 aromatic carbocycles. The van der Waals surface area contributed by atoms with Gasteiger partial charge in [0.1, 0.15) is 11.6 Å². The molecule has 5 heteroatoms. The van der Waals surface area contributed by atoms with Gasteiger partial charge in [0.15, 0.2) is 5.58 Å². The number of aromatic nitrogens is 1. The molecule has 3 rings (SSSR count). The van der Waals surface area contributed by atoms with Crippen LogP contribution in [0.15, 0.2) is 47.1 Å². The highest BCUT2D eigenvalue weighted by Crippen LogP contribution is 2.33. The number of pyridine rings is 1. The molecule has 0 saturated heterocycles. The van der Waals surface area contributed by atoms with E-state index < -0.39 is 0 Å². The van der Waals surface area contributed by atoms with Crippen molar-refractivity contribution in [1.82, 2.24) is 10.3 Å². The van der Waals surface area contributed by atoms with Crippen LogP contribution in [0.25, 0.3) is 22.3 Å². The third kappa shape index (κ3) is 1.93.